The van der Waals surface area contributed by atoms with Crippen LogP contribution in [0.3, 0.4) is 0 Å². The molecule has 2 saturated heterocycles. The number of aryl methyl sites for hydroxylation is 2. The fraction of sp³-hybridized carbons (Fsp3) is 0.786. The Morgan fingerprint density at radius 1 is 1.33 bits per heavy atom. The topological polar surface area (TPSA) is 33.1 Å². The lowest BCUT2D eigenvalue weighted by atomic mass is 9.96. The zero-order valence-electron chi connectivity index (χ0n) is 11.7. The molecule has 1 aromatic rings. The molecule has 0 radical (unpaired) electrons. The minimum absolute atomic E-state index is 0.718. The highest BCUT2D eigenvalue weighted by atomic mass is 15.3. The third kappa shape index (κ3) is 1.92. The summed E-state index contributed by atoms with van der Waals surface area (Å²) in [7, 11) is 2.02. The Balaban J connectivity index is 1.81. The van der Waals surface area contributed by atoms with E-state index in [0.717, 1.165) is 24.7 Å². The summed E-state index contributed by atoms with van der Waals surface area (Å²) >= 11 is 0. The molecule has 3 rings (SSSR count). The van der Waals surface area contributed by atoms with Crippen LogP contribution in [-0.4, -0.2) is 34.5 Å². The van der Waals surface area contributed by atoms with Gasteiger partial charge in [0.1, 0.15) is 0 Å². The number of nitrogens with zero attached hydrogens (tertiary/aromatic N) is 3. The molecule has 0 saturated carbocycles. The third-order valence-electron chi connectivity index (χ3n) is 4.49. The maximum absolute atomic E-state index is 4.50. The van der Waals surface area contributed by atoms with E-state index in [2.05, 4.69) is 35.4 Å². The molecule has 0 spiro atoms. The van der Waals surface area contributed by atoms with Gasteiger partial charge in [0.2, 0.25) is 0 Å². The van der Waals surface area contributed by atoms with Gasteiger partial charge in [-0.25, -0.2) is 0 Å². The first-order valence-corrected chi connectivity index (χ1v) is 7.21. The van der Waals surface area contributed by atoms with Gasteiger partial charge in [0.15, 0.2) is 0 Å². The van der Waals surface area contributed by atoms with E-state index in [4.69, 9.17) is 0 Å². The van der Waals surface area contributed by atoms with E-state index in [1.54, 1.807) is 0 Å². The predicted molar refractivity (Wildman–Crippen MR) is 73.9 cm³/mol. The minimum Gasteiger partial charge on any atom is -0.363 e. The third-order valence-corrected chi connectivity index (χ3v) is 4.49. The molecule has 1 N–H and O–H groups in total. The number of hydrogen-bond donors (Lipinski definition) is 1. The first kappa shape index (κ1) is 12.0. The molecule has 0 aliphatic carbocycles. The Morgan fingerprint density at radius 3 is 2.50 bits per heavy atom. The number of hydrogen-bond acceptors (Lipinski definition) is 3. The van der Waals surface area contributed by atoms with Crippen LogP contribution in [0.4, 0.5) is 5.69 Å². The van der Waals surface area contributed by atoms with Crippen molar-refractivity contribution in [1.82, 2.24) is 15.1 Å². The molecule has 2 atom stereocenters. The van der Waals surface area contributed by atoms with Crippen LogP contribution in [0.25, 0.3) is 0 Å². The Kier molecular flexibility index (Phi) is 3.06. The maximum atomic E-state index is 4.50. The molecule has 0 amide bonds. The van der Waals surface area contributed by atoms with E-state index in [9.17, 15) is 0 Å². The van der Waals surface area contributed by atoms with E-state index < -0.39 is 0 Å². The van der Waals surface area contributed by atoms with Crippen molar-refractivity contribution in [2.45, 2.75) is 57.7 Å². The van der Waals surface area contributed by atoms with Gasteiger partial charge in [0.25, 0.3) is 0 Å². The summed E-state index contributed by atoms with van der Waals surface area (Å²) < 4.78 is 1.94. The Morgan fingerprint density at radius 2 is 2.00 bits per heavy atom. The summed E-state index contributed by atoms with van der Waals surface area (Å²) in [6.45, 7) is 5.43. The van der Waals surface area contributed by atoms with Crippen molar-refractivity contribution in [2.75, 3.05) is 11.4 Å². The van der Waals surface area contributed by atoms with E-state index in [1.165, 1.54) is 37.1 Å². The van der Waals surface area contributed by atoms with Crippen molar-refractivity contribution in [2.24, 2.45) is 7.05 Å². The highest BCUT2D eigenvalue weighted by Crippen LogP contribution is 2.40. The Labute approximate surface area is 109 Å². The fourth-order valence-corrected chi connectivity index (χ4v) is 3.87. The molecule has 100 valence electrons. The van der Waals surface area contributed by atoms with Crippen LogP contribution in [0, 0.1) is 6.92 Å². The van der Waals surface area contributed by atoms with E-state index >= 15 is 0 Å². The number of rotatable bonds is 3. The number of piperidine rings is 1. The van der Waals surface area contributed by atoms with Crippen LogP contribution in [-0.2, 0) is 7.05 Å². The zero-order chi connectivity index (χ0) is 12.7. The summed E-state index contributed by atoms with van der Waals surface area (Å²) in [6, 6.07) is 2.16. The number of anilines is 1. The molecule has 2 unspecified atom stereocenters. The molecule has 2 aliphatic rings. The zero-order valence-corrected chi connectivity index (χ0v) is 11.7. The van der Waals surface area contributed by atoms with Crippen LogP contribution in [0.2, 0.25) is 0 Å². The van der Waals surface area contributed by atoms with E-state index in [-0.39, 0.29) is 0 Å². The molecule has 2 bridgehead atoms. The lowest BCUT2D eigenvalue weighted by Crippen LogP contribution is -2.49. The second-order valence-corrected chi connectivity index (χ2v) is 5.79. The lowest BCUT2D eigenvalue weighted by Gasteiger charge is -2.40. The van der Waals surface area contributed by atoms with Crippen molar-refractivity contribution >= 4 is 5.69 Å². The molecule has 0 aromatic carbocycles. The summed E-state index contributed by atoms with van der Waals surface area (Å²) in [4.78, 5) is 2.65. The smallest absolute Gasteiger partial charge is 0.0827 e. The van der Waals surface area contributed by atoms with Gasteiger partial charge in [-0.2, -0.15) is 5.10 Å². The average Bonchev–Trinajstić information content (AvgIpc) is 2.76. The standard InChI is InChI=1S/C14H24N4/c1-4-15-11-7-12-5-6-13(8-11)18(12)14-9-17(3)16-10(14)2/h9,11-13,15H,4-8H2,1-3H3. The van der Waals surface area contributed by atoms with Crippen molar-refractivity contribution < 1.29 is 0 Å². The molecule has 18 heavy (non-hydrogen) atoms. The van der Waals surface area contributed by atoms with Crippen LogP contribution < -0.4 is 10.2 Å². The van der Waals surface area contributed by atoms with Crippen molar-refractivity contribution in [3.8, 4) is 0 Å². The van der Waals surface area contributed by atoms with Gasteiger partial charge in [-0.1, -0.05) is 6.92 Å². The molecule has 4 nitrogen and oxygen atoms in total. The summed E-state index contributed by atoms with van der Waals surface area (Å²) in [5.74, 6) is 0. The van der Waals surface area contributed by atoms with Crippen LogP contribution in [0.15, 0.2) is 6.20 Å². The van der Waals surface area contributed by atoms with Gasteiger partial charge in [-0.3, -0.25) is 4.68 Å². The second-order valence-electron chi connectivity index (χ2n) is 5.79. The number of nitrogens with one attached hydrogen (secondary N) is 1. The lowest BCUT2D eigenvalue weighted by molar-refractivity contribution is 0.361. The Bertz CT molecular complexity index is 411. The van der Waals surface area contributed by atoms with E-state index in [1.807, 2.05) is 11.7 Å². The van der Waals surface area contributed by atoms with Crippen LogP contribution in [0.5, 0.6) is 0 Å². The van der Waals surface area contributed by atoms with Crippen molar-refractivity contribution in [1.29, 1.82) is 0 Å². The molecule has 2 aliphatic heterocycles. The van der Waals surface area contributed by atoms with Crippen LogP contribution >= 0.6 is 0 Å². The van der Waals surface area contributed by atoms with Crippen molar-refractivity contribution in [3.05, 3.63) is 11.9 Å². The molecule has 4 heteroatoms. The van der Waals surface area contributed by atoms with Crippen LogP contribution in [0.1, 0.15) is 38.3 Å². The molecule has 1 aromatic heterocycles. The minimum atomic E-state index is 0.718. The quantitative estimate of drug-likeness (QED) is 0.886. The van der Waals surface area contributed by atoms with Gasteiger partial charge < -0.3 is 10.2 Å². The Hall–Kier alpha value is -1.03. The normalized spacial score (nSPS) is 31.1. The highest BCUT2D eigenvalue weighted by molar-refractivity contribution is 5.52. The summed E-state index contributed by atoms with van der Waals surface area (Å²) in [5, 5.41) is 8.13. The van der Waals surface area contributed by atoms with Gasteiger partial charge in [-0.05, 0) is 39.2 Å². The number of aromatic nitrogens is 2. The molecular weight excluding hydrogens is 224 g/mol. The highest BCUT2D eigenvalue weighted by Gasteiger charge is 2.41. The van der Waals surface area contributed by atoms with Gasteiger partial charge in [-0.15, -0.1) is 0 Å². The maximum Gasteiger partial charge on any atom is 0.0827 e. The monoisotopic (exact) mass is 248 g/mol. The van der Waals surface area contributed by atoms with Gasteiger partial charge >= 0.3 is 0 Å². The number of fused-ring (bicyclic) bond motifs is 2. The molecule has 2 fully saturated rings. The van der Waals surface area contributed by atoms with Gasteiger partial charge in [0, 0.05) is 31.4 Å². The first-order chi connectivity index (χ1) is 8.69. The molecular formula is C14H24N4. The van der Waals surface area contributed by atoms with Crippen molar-refractivity contribution in [3.63, 3.8) is 0 Å². The summed E-state index contributed by atoms with van der Waals surface area (Å²) in [6.07, 6.45) is 7.47. The second kappa shape index (κ2) is 4.57. The van der Waals surface area contributed by atoms with Gasteiger partial charge in [0.05, 0.1) is 11.4 Å². The SMILES string of the molecule is CCNC1CC2CCC(C1)N2c1cn(C)nc1C. The largest absolute Gasteiger partial charge is 0.363 e. The molecule has 3 heterocycles. The summed E-state index contributed by atoms with van der Waals surface area (Å²) in [5.41, 5.74) is 2.54. The predicted octanol–water partition coefficient (Wildman–Crippen LogP) is 1.84. The fourth-order valence-electron chi connectivity index (χ4n) is 3.87. The first-order valence-electron chi connectivity index (χ1n) is 7.21. The van der Waals surface area contributed by atoms with E-state index in [0.29, 0.717) is 0 Å². The average molecular weight is 248 g/mol.